The number of nitrogens with zero attached hydrogens (tertiary/aromatic N) is 1. The van der Waals surface area contributed by atoms with Crippen LogP contribution in [0.2, 0.25) is 10.0 Å². The molecule has 0 aliphatic carbocycles. The number of rotatable bonds is 4. The van der Waals surface area contributed by atoms with Gasteiger partial charge in [0.25, 0.3) is 5.91 Å². The Bertz CT molecular complexity index is 572. The van der Waals surface area contributed by atoms with Crippen molar-refractivity contribution in [1.82, 2.24) is 10.2 Å². The van der Waals surface area contributed by atoms with Crippen LogP contribution in [0, 0.1) is 17.7 Å². The van der Waals surface area contributed by atoms with Gasteiger partial charge in [0.1, 0.15) is 5.82 Å². The number of nitrogens with one attached hydrogen (secondary N) is 1. The second-order valence-corrected chi connectivity index (χ2v) is 7.60. The van der Waals surface area contributed by atoms with E-state index in [1.165, 1.54) is 12.5 Å². The predicted octanol–water partition coefficient (Wildman–Crippen LogP) is 4.23. The first-order valence-electron chi connectivity index (χ1n) is 7.94. The van der Waals surface area contributed by atoms with Gasteiger partial charge < -0.3 is 10.2 Å². The number of benzene rings is 1. The standard InChI is InChI=1S/C17H23Cl2FN2O/c1-10-4-11(2)8-22(7-10)9-12(3)21-17(23)13-5-16(20)15(19)6-14(13)18/h5-6,10-12H,4,7-9H2,1-3H3,(H,21,23). The summed E-state index contributed by atoms with van der Waals surface area (Å²) in [6.45, 7) is 9.31. The second-order valence-electron chi connectivity index (χ2n) is 6.79. The third kappa shape index (κ3) is 5.07. The Labute approximate surface area is 147 Å². The van der Waals surface area contributed by atoms with Crippen molar-refractivity contribution < 1.29 is 9.18 Å². The minimum absolute atomic E-state index is 0.0465. The number of halogens is 3. The zero-order valence-corrected chi connectivity index (χ0v) is 15.2. The SMILES string of the molecule is CC1CC(C)CN(CC(C)NC(=O)c2cc(F)c(Cl)cc2Cl)C1. The molecule has 3 unspecified atom stereocenters. The average molecular weight is 361 g/mol. The summed E-state index contributed by atoms with van der Waals surface area (Å²) >= 11 is 11.6. The smallest absolute Gasteiger partial charge is 0.253 e. The van der Waals surface area contributed by atoms with Gasteiger partial charge in [0, 0.05) is 25.7 Å². The summed E-state index contributed by atoms with van der Waals surface area (Å²) in [4.78, 5) is 14.7. The first-order chi connectivity index (χ1) is 10.8. The maximum Gasteiger partial charge on any atom is 0.253 e. The number of carbonyl (C=O) groups excluding carboxylic acids is 1. The van der Waals surface area contributed by atoms with Gasteiger partial charge in [-0.2, -0.15) is 0 Å². The van der Waals surface area contributed by atoms with Crippen LogP contribution in [0.1, 0.15) is 37.6 Å². The molecule has 0 spiro atoms. The molecule has 1 heterocycles. The number of carbonyl (C=O) groups is 1. The average Bonchev–Trinajstić information content (AvgIpc) is 2.41. The van der Waals surface area contributed by atoms with Crippen molar-refractivity contribution in [2.24, 2.45) is 11.8 Å². The molecular formula is C17H23Cl2FN2O. The van der Waals surface area contributed by atoms with Crippen LogP contribution >= 0.6 is 23.2 Å². The minimum Gasteiger partial charge on any atom is -0.348 e. The van der Waals surface area contributed by atoms with Gasteiger partial charge >= 0.3 is 0 Å². The number of hydrogen-bond acceptors (Lipinski definition) is 2. The lowest BCUT2D eigenvalue weighted by Crippen LogP contribution is -2.47. The normalized spacial score (nSPS) is 23.6. The third-order valence-electron chi connectivity index (χ3n) is 4.11. The van der Waals surface area contributed by atoms with Crippen molar-refractivity contribution in [3.05, 3.63) is 33.6 Å². The lowest BCUT2D eigenvalue weighted by molar-refractivity contribution is 0.0904. The summed E-state index contributed by atoms with van der Waals surface area (Å²) in [5.41, 5.74) is 0.112. The Hall–Kier alpha value is -0.840. The van der Waals surface area contributed by atoms with Gasteiger partial charge in [0.05, 0.1) is 15.6 Å². The molecule has 0 radical (unpaired) electrons. The summed E-state index contributed by atoms with van der Waals surface area (Å²) in [6, 6.07) is 2.29. The lowest BCUT2D eigenvalue weighted by Gasteiger charge is -2.36. The van der Waals surface area contributed by atoms with Gasteiger partial charge in [0.15, 0.2) is 0 Å². The molecule has 2 rings (SSSR count). The van der Waals surface area contributed by atoms with Crippen LogP contribution in [0.3, 0.4) is 0 Å². The molecular weight excluding hydrogens is 338 g/mol. The zero-order valence-electron chi connectivity index (χ0n) is 13.7. The van der Waals surface area contributed by atoms with Gasteiger partial charge in [-0.05, 0) is 37.3 Å². The monoisotopic (exact) mass is 360 g/mol. The summed E-state index contributed by atoms with van der Waals surface area (Å²) in [7, 11) is 0. The molecule has 1 fully saturated rings. The topological polar surface area (TPSA) is 32.3 Å². The quantitative estimate of drug-likeness (QED) is 0.814. The lowest BCUT2D eigenvalue weighted by atomic mass is 9.92. The first-order valence-corrected chi connectivity index (χ1v) is 8.69. The van der Waals surface area contributed by atoms with Crippen LogP contribution in [0.4, 0.5) is 4.39 Å². The Morgan fingerprint density at radius 2 is 1.91 bits per heavy atom. The molecule has 1 saturated heterocycles. The van der Waals surface area contributed by atoms with Gasteiger partial charge in [-0.25, -0.2) is 4.39 Å². The van der Waals surface area contributed by atoms with E-state index in [0.29, 0.717) is 11.8 Å². The molecule has 1 aliphatic heterocycles. The number of piperidine rings is 1. The van der Waals surface area contributed by atoms with Crippen molar-refractivity contribution in [2.75, 3.05) is 19.6 Å². The summed E-state index contributed by atoms with van der Waals surface area (Å²) in [5, 5.41) is 2.95. The van der Waals surface area contributed by atoms with Crippen LogP contribution < -0.4 is 5.32 Å². The molecule has 0 aromatic heterocycles. The van der Waals surface area contributed by atoms with Crippen LogP contribution in [0.5, 0.6) is 0 Å². The van der Waals surface area contributed by atoms with Gasteiger partial charge in [0.2, 0.25) is 0 Å². The van der Waals surface area contributed by atoms with Crippen molar-refractivity contribution >= 4 is 29.1 Å². The van der Waals surface area contributed by atoms with E-state index in [-0.39, 0.29) is 27.6 Å². The Balaban J connectivity index is 1.96. The summed E-state index contributed by atoms with van der Waals surface area (Å²) in [6.07, 6.45) is 1.25. The molecule has 23 heavy (non-hydrogen) atoms. The van der Waals surface area contributed by atoms with E-state index in [9.17, 15) is 9.18 Å². The molecule has 1 aromatic rings. The highest BCUT2D eigenvalue weighted by Gasteiger charge is 2.24. The molecule has 3 nitrogen and oxygen atoms in total. The van der Waals surface area contributed by atoms with E-state index in [1.807, 2.05) is 6.92 Å². The maximum absolute atomic E-state index is 13.5. The van der Waals surface area contributed by atoms with Gasteiger partial charge in [-0.1, -0.05) is 37.0 Å². The van der Waals surface area contributed by atoms with Crippen LogP contribution in [-0.4, -0.2) is 36.5 Å². The summed E-state index contributed by atoms with van der Waals surface area (Å²) in [5.74, 6) is 0.312. The zero-order chi connectivity index (χ0) is 17.1. The van der Waals surface area contributed by atoms with Crippen molar-refractivity contribution in [3.8, 4) is 0 Å². The fourth-order valence-corrected chi connectivity index (χ4v) is 3.84. The molecule has 0 bridgehead atoms. The minimum atomic E-state index is -0.646. The molecule has 128 valence electrons. The highest BCUT2D eigenvalue weighted by molar-refractivity contribution is 6.36. The molecule has 6 heteroatoms. The molecule has 1 aliphatic rings. The van der Waals surface area contributed by atoms with E-state index in [4.69, 9.17) is 23.2 Å². The fourth-order valence-electron chi connectivity index (χ4n) is 3.37. The van der Waals surface area contributed by atoms with E-state index >= 15 is 0 Å². The highest BCUT2D eigenvalue weighted by atomic mass is 35.5. The van der Waals surface area contributed by atoms with E-state index in [2.05, 4.69) is 24.1 Å². The van der Waals surface area contributed by atoms with E-state index < -0.39 is 5.82 Å². The molecule has 1 aromatic carbocycles. The van der Waals surface area contributed by atoms with E-state index in [0.717, 1.165) is 25.7 Å². The Morgan fingerprint density at radius 1 is 1.30 bits per heavy atom. The molecule has 1 N–H and O–H groups in total. The van der Waals surface area contributed by atoms with Crippen LogP contribution in [0.25, 0.3) is 0 Å². The number of hydrogen-bond donors (Lipinski definition) is 1. The predicted molar refractivity (Wildman–Crippen MR) is 92.7 cm³/mol. The van der Waals surface area contributed by atoms with Crippen molar-refractivity contribution in [2.45, 2.75) is 33.2 Å². The fraction of sp³-hybridized carbons (Fsp3) is 0.588. The largest absolute Gasteiger partial charge is 0.348 e. The summed E-state index contributed by atoms with van der Waals surface area (Å²) < 4.78 is 13.5. The van der Waals surface area contributed by atoms with Gasteiger partial charge in [-0.3, -0.25) is 4.79 Å². The Morgan fingerprint density at radius 3 is 2.52 bits per heavy atom. The van der Waals surface area contributed by atoms with Crippen LogP contribution in [0.15, 0.2) is 12.1 Å². The maximum atomic E-state index is 13.5. The molecule has 3 atom stereocenters. The highest BCUT2D eigenvalue weighted by Crippen LogP contribution is 2.24. The first kappa shape index (κ1) is 18.5. The Kier molecular flexibility index (Phi) is 6.29. The van der Waals surface area contributed by atoms with Crippen molar-refractivity contribution in [1.29, 1.82) is 0 Å². The van der Waals surface area contributed by atoms with Crippen LogP contribution in [-0.2, 0) is 0 Å². The third-order valence-corrected chi connectivity index (χ3v) is 4.71. The second kappa shape index (κ2) is 7.82. The molecule has 0 saturated carbocycles. The van der Waals surface area contributed by atoms with E-state index in [1.54, 1.807) is 0 Å². The molecule has 1 amide bonds. The number of amides is 1. The number of likely N-dealkylation sites (tertiary alicyclic amines) is 1. The van der Waals surface area contributed by atoms with Gasteiger partial charge in [-0.15, -0.1) is 0 Å². The van der Waals surface area contributed by atoms with Crippen molar-refractivity contribution in [3.63, 3.8) is 0 Å².